The summed E-state index contributed by atoms with van der Waals surface area (Å²) in [5, 5.41) is 3.55. The van der Waals surface area contributed by atoms with Crippen LogP contribution in [-0.2, 0) is 4.79 Å². The van der Waals surface area contributed by atoms with Crippen LogP contribution >= 0.6 is 0 Å². The van der Waals surface area contributed by atoms with Crippen molar-refractivity contribution in [2.75, 3.05) is 39.3 Å². The first kappa shape index (κ1) is 18.4. The van der Waals surface area contributed by atoms with Crippen molar-refractivity contribution in [3.05, 3.63) is 0 Å². The molecule has 0 aliphatic carbocycles. The Morgan fingerprint density at radius 2 is 1.81 bits per heavy atom. The minimum absolute atomic E-state index is 0.313. The van der Waals surface area contributed by atoms with Crippen LogP contribution in [0.4, 0.5) is 0 Å². The lowest BCUT2D eigenvalue weighted by Gasteiger charge is -2.29. The van der Waals surface area contributed by atoms with Gasteiger partial charge in [-0.05, 0) is 45.2 Å². The van der Waals surface area contributed by atoms with E-state index in [-0.39, 0.29) is 0 Å². The maximum absolute atomic E-state index is 12.5. The van der Waals surface area contributed by atoms with Gasteiger partial charge in [-0.15, -0.1) is 0 Å². The summed E-state index contributed by atoms with van der Waals surface area (Å²) in [5.41, 5.74) is 0. The van der Waals surface area contributed by atoms with Gasteiger partial charge in [-0.2, -0.15) is 0 Å². The van der Waals surface area contributed by atoms with Crippen molar-refractivity contribution in [1.82, 2.24) is 15.1 Å². The van der Waals surface area contributed by atoms with Crippen molar-refractivity contribution < 1.29 is 4.79 Å². The molecule has 1 N–H and O–H groups in total. The highest BCUT2D eigenvalue weighted by molar-refractivity contribution is 5.78. The van der Waals surface area contributed by atoms with E-state index in [4.69, 9.17) is 0 Å². The highest BCUT2D eigenvalue weighted by Gasteiger charge is 2.21. The molecule has 0 radical (unpaired) electrons. The van der Waals surface area contributed by atoms with Gasteiger partial charge in [0, 0.05) is 25.7 Å². The second kappa shape index (κ2) is 11.0. The molecule has 0 aromatic heterocycles. The standard InChI is InChI=1S/C17H35N3O/c1-4-7-13-19(14-16-9-8-10-18-16)15-17(21)20(11-5-2)12-6-3/h16,18H,4-15H2,1-3H3. The Balaban J connectivity index is 2.49. The molecule has 1 fully saturated rings. The average Bonchev–Trinajstić information content (AvgIpc) is 2.97. The van der Waals surface area contributed by atoms with Crippen LogP contribution in [0.3, 0.4) is 0 Å². The number of rotatable bonds is 11. The maximum Gasteiger partial charge on any atom is 0.236 e. The number of carbonyl (C=O) groups excluding carboxylic acids is 1. The highest BCUT2D eigenvalue weighted by Crippen LogP contribution is 2.08. The second-order valence-corrected chi connectivity index (χ2v) is 6.26. The van der Waals surface area contributed by atoms with Crippen molar-refractivity contribution in [3.8, 4) is 0 Å². The van der Waals surface area contributed by atoms with Gasteiger partial charge in [0.1, 0.15) is 0 Å². The highest BCUT2D eigenvalue weighted by atomic mass is 16.2. The summed E-state index contributed by atoms with van der Waals surface area (Å²) in [7, 11) is 0. The zero-order valence-electron chi connectivity index (χ0n) is 14.4. The number of carbonyl (C=O) groups is 1. The fourth-order valence-corrected chi connectivity index (χ4v) is 3.03. The molecule has 0 saturated carbocycles. The van der Waals surface area contributed by atoms with E-state index in [0.717, 1.165) is 45.6 Å². The van der Waals surface area contributed by atoms with E-state index in [1.54, 1.807) is 0 Å². The summed E-state index contributed by atoms with van der Waals surface area (Å²) in [4.78, 5) is 16.9. The molecular formula is C17H35N3O. The van der Waals surface area contributed by atoms with Crippen LogP contribution in [0.2, 0.25) is 0 Å². The Morgan fingerprint density at radius 1 is 1.10 bits per heavy atom. The Hall–Kier alpha value is -0.610. The van der Waals surface area contributed by atoms with Gasteiger partial charge in [0.2, 0.25) is 5.91 Å². The molecule has 1 aliphatic heterocycles. The number of unbranched alkanes of at least 4 members (excludes halogenated alkanes) is 1. The Labute approximate surface area is 131 Å². The van der Waals surface area contributed by atoms with Crippen molar-refractivity contribution in [2.24, 2.45) is 0 Å². The van der Waals surface area contributed by atoms with Gasteiger partial charge in [-0.25, -0.2) is 0 Å². The van der Waals surface area contributed by atoms with E-state index in [0.29, 0.717) is 18.5 Å². The lowest BCUT2D eigenvalue weighted by atomic mass is 10.2. The molecule has 1 rings (SSSR count). The van der Waals surface area contributed by atoms with E-state index in [2.05, 4.69) is 31.0 Å². The van der Waals surface area contributed by atoms with Crippen LogP contribution in [0, 0.1) is 0 Å². The molecule has 21 heavy (non-hydrogen) atoms. The molecule has 1 unspecified atom stereocenters. The van der Waals surface area contributed by atoms with Gasteiger partial charge in [0.15, 0.2) is 0 Å². The molecule has 1 atom stereocenters. The molecular weight excluding hydrogens is 262 g/mol. The van der Waals surface area contributed by atoms with Gasteiger partial charge in [0.25, 0.3) is 0 Å². The summed E-state index contributed by atoms with van der Waals surface area (Å²) in [6.45, 7) is 12.1. The van der Waals surface area contributed by atoms with Crippen molar-refractivity contribution in [2.45, 2.75) is 65.3 Å². The molecule has 4 nitrogen and oxygen atoms in total. The third kappa shape index (κ3) is 7.28. The van der Waals surface area contributed by atoms with Crippen LogP contribution in [0.1, 0.15) is 59.3 Å². The predicted octanol–water partition coefficient (Wildman–Crippen LogP) is 2.49. The lowest BCUT2D eigenvalue weighted by Crippen LogP contribution is -2.45. The van der Waals surface area contributed by atoms with Crippen LogP contribution in [0.15, 0.2) is 0 Å². The molecule has 4 heteroatoms. The number of amides is 1. The normalized spacial score (nSPS) is 18.4. The maximum atomic E-state index is 12.5. The van der Waals surface area contributed by atoms with E-state index >= 15 is 0 Å². The van der Waals surface area contributed by atoms with E-state index < -0.39 is 0 Å². The van der Waals surface area contributed by atoms with Crippen LogP contribution < -0.4 is 5.32 Å². The smallest absolute Gasteiger partial charge is 0.236 e. The molecule has 124 valence electrons. The fraction of sp³-hybridized carbons (Fsp3) is 0.941. The zero-order valence-corrected chi connectivity index (χ0v) is 14.4. The number of hydrogen-bond acceptors (Lipinski definition) is 3. The van der Waals surface area contributed by atoms with Crippen molar-refractivity contribution in [1.29, 1.82) is 0 Å². The van der Waals surface area contributed by atoms with E-state index in [9.17, 15) is 4.79 Å². The molecule has 1 aliphatic rings. The Bertz CT molecular complexity index is 271. The summed E-state index contributed by atoms with van der Waals surface area (Å²) in [6, 6.07) is 0.584. The van der Waals surface area contributed by atoms with Gasteiger partial charge < -0.3 is 10.2 Å². The Kier molecular flexibility index (Phi) is 9.68. The largest absolute Gasteiger partial charge is 0.342 e. The van der Waals surface area contributed by atoms with Crippen LogP contribution in [0.5, 0.6) is 0 Å². The minimum atomic E-state index is 0.313. The summed E-state index contributed by atoms with van der Waals surface area (Å²) in [5.74, 6) is 0.313. The van der Waals surface area contributed by atoms with Crippen LogP contribution in [-0.4, -0.2) is 61.0 Å². The fourth-order valence-electron chi connectivity index (χ4n) is 3.03. The topological polar surface area (TPSA) is 35.6 Å². The van der Waals surface area contributed by atoms with Crippen LogP contribution in [0.25, 0.3) is 0 Å². The van der Waals surface area contributed by atoms with Gasteiger partial charge in [-0.1, -0.05) is 27.2 Å². The number of nitrogens with zero attached hydrogens (tertiary/aromatic N) is 2. The lowest BCUT2D eigenvalue weighted by molar-refractivity contribution is -0.132. The van der Waals surface area contributed by atoms with Gasteiger partial charge in [0.05, 0.1) is 6.54 Å². The molecule has 1 saturated heterocycles. The monoisotopic (exact) mass is 297 g/mol. The molecule has 1 heterocycles. The second-order valence-electron chi connectivity index (χ2n) is 6.26. The third-order valence-corrected chi connectivity index (χ3v) is 4.17. The molecule has 0 aromatic rings. The van der Waals surface area contributed by atoms with E-state index in [1.807, 2.05) is 4.90 Å². The first-order valence-corrected chi connectivity index (χ1v) is 8.94. The Morgan fingerprint density at radius 3 is 2.33 bits per heavy atom. The zero-order chi connectivity index (χ0) is 15.5. The molecule has 0 spiro atoms. The quantitative estimate of drug-likeness (QED) is 0.636. The van der Waals surface area contributed by atoms with Gasteiger partial charge >= 0.3 is 0 Å². The SMILES string of the molecule is CCCCN(CC(=O)N(CCC)CCC)CC1CCCN1. The molecule has 0 bridgehead atoms. The molecule has 0 aromatic carbocycles. The third-order valence-electron chi connectivity index (χ3n) is 4.17. The average molecular weight is 297 g/mol. The minimum Gasteiger partial charge on any atom is -0.342 e. The number of nitrogens with one attached hydrogen (secondary N) is 1. The first-order chi connectivity index (χ1) is 10.2. The summed E-state index contributed by atoms with van der Waals surface area (Å²) in [6.07, 6.45) is 7.00. The van der Waals surface area contributed by atoms with Gasteiger partial charge in [-0.3, -0.25) is 9.69 Å². The molecule has 1 amide bonds. The van der Waals surface area contributed by atoms with Crippen molar-refractivity contribution in [3.63, 3.8) is 0 Å². The summed E-state index contributed by atoms with van der Waals surface area (Å²) >= 11 is 0. The van der Waals surface area contributed by atoms with Crippen molar-refractivity contribution >= 4 is 5.91 Å². The first-order valence-electron chi connectivity index (χ1n) is 8.94. The summed E-state index contributed by atoms with van der Waals surface area (Å²) < 4.78 is 0. The van der Waals surface area contributed by atoms with E-state index in [1.165, 1.54) is 25.7 Å². The number of hydrogen-bond donors (Lipinski definition) is 1. The predicted molar refractivity (Wildman–Crippen MR) is 89.5 cm³/mol.